The predicted octanol–water partition coefficient (Wildman–Crippen LogP) is 3.21. The molecule has 1 unspecified atom stereocenters. The summed E-state index contributed by atoms with van der Waals surface area (Å²) in [5, 5.41) is 0.151. The van der Waals surface area contributed by atoms with Crippen molar-refractivity contribution in [3.05, 3.63) is 46.8 Å². The van der Waals surface area contributed by atoms with Gasteiger partial charge in [-0.05, 0) is 37.8 Å². The molecular weight excluding hydrogens is 239 g/mol. The first kappa shape index (κ1) is 14.2. The maximum atomic E-state index is 13.7. The molecule has 0 amide bonds. The zero-order chi connectivity index (χ0) is 12.8. The van der Waals surface area contributed by atoms with Crippen molar-refractivity contribution in [1.82, 2.24) is 5.43 Å². The Bertz CT molecular complexity index is 393. The molecule has 0 fully saturated rings. The van der Waals surface area contributed by atoms with E-state index in [1.807, 2.05) is 6.92 Å². The van der Waals surface area contributed by atoms with Gasteiger partial charge in [0.1, 0.15) is 5.82 Å². The molecule has 94 valence electrons. The van der Waals surface area contributed by atoms with Crippen molar-refractivity contribution in [2.45, 2.75) is 32.2 Å². The van der Waals surface area contributed by atoms with Gasteiger partial charge in [-0.2, -0.15) is 0 Å². The molecule has 1 atom stereocenters. The van der Waals surface area contributed by atoms with Crippen LogP contribution in [0.2, 0.25) is 5.02 Å². The van der Waals surface area contributed by atoms with Crippen molar-refractivity contribution in [3.63, 3.8) is 0 Å². The number of rotatable bonds is 6. The largest absolute Gasteiger partial charge is 0.271 e. The molecule has 17 heavy (non-hydrogen) atoms. The van der Waals surface area contributed by atoms with Gasteiger partial charge in [0.15, 0.2) is 0 Å². The van der Waals surface area contributed by atoms with Crippen LogP contribution in [0.1, 0.15) is 25.3 Å². The second-order valence-electron chi connectivity index (χ2n) is 4.28. The summed E-state index contributed by atoms with van der Waals surface area (Å²) in [6, 6.07) is 5.04. The highest BCUT2D eigenvalue weighted by Crippen LogP contribution is 2.20. The third kappa shape index (κ3) is 4.46. The molecule has 1 rings (SSSR count). The van der Waals surface area contributed by atoms with Crippen LogP contribution in [0.3, 0.4) is 0 Å². The number of nitrogens with one attached hydrogen (secondary N) is 1. The van der Waals surface area contributed by atoms with Gasteiger partial charge < -0.3 is 0 Å². The normalized spacial score (nSPS) is 12.5. The van der Waals surface area contributed by atoms with E-state index >= 15 is 0 Å². The molecule has 3 N–H and O–H groups in total. The van der Waals surface area contributed by atoms with E-state index in [4.69, 9.17) is 17.4 Å². The topological polar surface area (TPSA) is 38.0 Å². The molecule has 0 aromatic heterocycles. The first-order valence-electron chi connectivity index (χ1n) is 5.58. The van der Waals surface area contributed by atoms with Crippen LogP contribution in [0, 0.1) is 5.82 Å². The van der Waals surface area contributed by atoms with E-state index in [2.05, 4.69) is 12.0 Å². The van der Waals surface area contributed by atoms with Crippen LogP contribution in [0.25, 0.3) is 0 Å². The average molecular weight is 257 g/mol. The lowest BCUT2D eigenvalue weighted by Gasteiger charge is -2.16. The number of allylic oxidation sites excluding steroid dienone is 1. The van der Waals surface area contributed by atoms with Gasteiger partial charge in [-0.1, -0.05) is 29.3 Å². The number of benzene rings is 1. The van der Waals surface area contributed by atoms with Crippen molar-refractivity contribution < 1.29 is 4.39 Å². The summed E-state index contributed by atoms with van der Waals surface area (Å²) >= 11 is 5.73. The molecule has 0 aliphatic carbocycles. The Morgan fingerprint density at radius 2 is 2.29 bits per heavy atom. The highest BCUT2D eigenvalue weighted by molar-refractivity contribution is 6.30. The standard InChI is InChI=1S/C13H18ClFN2/c1-9(2)6-7-11(17-16)8-10-4-3-5-12(14)13(10)15/h3-5,11,17H,1,6-8,16H2,2H3. The lowest BCUT2D eigenvalue weighted by molar-refractivity contribution is 0.479. The Morgan fingerprint density at radius 3 is 2.88 bits per heavy atom. The summed E-state index contributed by atoms with van der Waals surface area (Å²) in [6.07, 6.45) is 2.23. The van der Waals surface area contributed by atoms with E-state index in [0.29, 0.717) is 12.0 Å². The minimum absolute atomic E-state index is 0.0275. The van der Waals surface area contributed by atoms with Crippen molar-refractivity contribution in [2.75, 3.05) is 0 Å². The molecule has 0 saturated heterocycles. The van der Waals surface area contributed by atoms with E-state index < -0.39 is 0 Å². The summed E-state index contributed by atoms with van der Waals surface area (Å²) in [4.78, 5) is 0. The van der Waals surface area contributed by atoms with Crippen molar-refractivity contribution >= 4 is 11.6 Å². The van der Waals surface area contributed by atoms with Gasteiger partial charge in [-0.15, -0.1) is 6.58 Å². The lowest BCUT2D eigenvalue weighted by atomic mass is 10.00. The SMILES string of the molecule is C=C(C)CCC(Cc1cccc(Cl)c1F)NN. The molecule has 0 aliphatic heterocycles. The van der Waals surface area contributed by atoms with E-state index in [1.54, 1.807) is 18.2 Å². The Kier molecular flexibility index (Phi) is 5.62. The van der Waals surface area contributed by atoms with Gasteiger partial charge in [0, 0.05) is 6.04 Å². The Labute approximate surface area is 107 Å². The smallest absolute Gasteiger partial charge is 0.145 e. The number of hydrazine groups is 1. The number of nitrogens with two attached hydrogens (primary N) is 1. The summed E-state index contributed by atoms with van der Waals surface area (Å²) in [6.45, 7) is 5.80. The van der Waals surface area contributed by atoms with Gasteiger partial charge in [0.05, 0.1) is 5.02 Å². The Balaban J connectivity index is 2.67. The van der Waals surface area contributed by atoms with E-state index in [1.165, 1.54) is 0 Å². The number of hydrogen-bond acceptors (Lipinski definition) is 2. The van der Waals surface area contributed by atoms with Crippen LogP contribution in [0.15, 0.2) is 30.4 Å². The minimum atomic E-state index is -0.357. The van der Waals surface area contributed by atoms with E-state index in [-0.39, 0.29) is 16.9 Å². The first-order valence-corrected chi connectivity index (χ1v) is 5.95. The Morgan fingerprint density at radius 1 is 1.59 bits per heavy atom. The zero-order valence-electron chi connectivity index (χ0n) is 9.97. The first-order chi connectivity index (χ1) is 8.04. The number of hydrogen-bond donors (Lipinski definition) is 2. The third-order valence-electron chi connectivity index (χ3n) is 2.65. The third-order valence-corrected chi connectivity index (χ3v) is 2.95. The zero-order valence-corrected chi connectivity index (χ0v) is 10.7. The van der Waals surface area contributed by atoms with E-state index in [9.17, 15) is 4.39 Å². The minimum Gasteiger partial charge on any atom is -0.271 e. The van der Waals surface area contributed by atoms with Crippen LogP contribution in [0.4, 0.5) is 4.39 Å². The maximum Gasteiger partial charge on any atom is 0.145 e. The second kappa shape index (κ2) is 6.74. The van der Waals surface area contributed by atoms with Crippen LogP contribution in [0.5, 0.6) is 0 Å². The highest BCUT2D eigenvalue weighted by Gasteiger charge is 2.12. The van der Waals surface area contributed by atoms with Crippen molar-refractivity contribution in [3.8, 4) is 0 Å². The van der Waals surface area contributed by atoms with Gasteiger partial charge in [-0.25, -0.2) is 4.39 Å². The molecule has 0 heterocycles. The fraction of sp³-hybridized carbons (Fsp3) is 0.385. The quantitative estimate of drug-likeness (QED) is 0.466. The molecule has 0 radical (unpaired) electrons. The summed E-state index contributed by atoms with van der Waals surface area (Å²) in [5.41, 5.74) is 4.38. The number of halogens is 2. The van der Waals surface area contributed by atoms with Gasteiger partial charge >= 0.3 is 0 Å². The Hall–Kier alpha value is -0.900. The molecule has 4 heteroatoms. The molecular formula is C13H18ClFN2. The predicted molar refractivity (Wildman–Crippen MR) is 70.3 cm³/mol. The van der Waals surface area contributed by atoms with Crippen molar-refractivity contribution in [2.24, 2.45) is 5.84 Å². The summed E-state index contributed by atoms with van der Waals surface area (Å²) in [7, 11) is 0. The van der Waals surface area contributed by atoms with Gasteiger partial charge in [0.2, 0.25) is 0 Å². The van der Waals surface area contributed by atoms with Crippen molar-refractivity contribution in [1.29, 1.82) is 0 Å². The second-order valence-corrected chi connectivity index (χ2v) is 4.68. The van der Waals surface area contributed by atoms with Crippen LogP contribution < -0.4 is 11.3 Å². The molecule has 0 aliphatic rings. The molecule has 0 saturated carbocycles. The molecule has 0 spiro atoms. The lowest BCUT2D eigenvalue weighted by Crippen LogP contribution is -2.37. The fourth-order valence-corrected chi connectivity index (χ4v) is 1.83. The van der Waals surface area contributed by atoms with Crippen LogP contribution >= 0.6 is 11.6 Å². The monoisotopic (exact) mass is 256 g/mol. The van der Waals surface area contributed by atoms with Crippen LogP contribution in [-0.4, -0.2) is 6.04 Å². The van der Waals surface area contributed by atoms with Gasteiger partial charge in [-0.3, -0.25) is 11.3 Å². The molecule has 0 bridgehead atoms. The fourth-order valence-electron chi connectivity index (χ4n) is 1.64. The maximum absolute atomic E-state index is 13.7. The summed E-state index contributed by atoms with van der Waals surface area (Å²) < 4.78 is 13.7. The van der Waals surface area contributed by atoms with Crippen LogP contribution in [-0.2, 0) is 6.42 Å². The highest BCUT2D eigenvalue weighted by atomic mass is 35.5. The van der Waals surface area contributed by atoms with E-state index in [0.717, 1.165) is 18.4 Å². The molecule has 1 aromatic carbocycles. The van der Waals surface area contributed by atoms with Gasteiger partial charge in [0.25, 0.3) is 0 Å². The molecule has 1 aromatic rings. The average Bonchev–Trinajstić information content (AvgIpc) is 2.29. The summed E-state index contributed by atoms with van der Waals surface area (Å²) in [5.74, 6) is 5.10. The molecule has 2 nitrogen and oxygen atoms in total.